The van der Waals surface area contributed by atoms with E-state index in [0.29, 0.717) is 25.4 Å². The number of carbonyl (C=O) groups is 3. The molecule has 2 aromatic rings. The lowest BCUT2D eigenvalue weighted by atomic mass is 9.95. The maximum atomic E-state index is 12.9. The van der Waals surface area contributed by atoms with Gasteiger partial charge in [0.2, 0.25) is 11.8 Å². The zero-order valence-corrected chi connectivity index (χ0v) is 15.7. The third-order valence-electron chi connectivity index (χ3n) is 5.07. The average Bonchev–Trinajstić information content (AvgIpc) is 3.03. The number of carbonyl (C=O) groups excluding carboxylic acids is 3. The third-order valence-corrected chi connectivity index (χ3v) is 5.07. The third kappa shape index (κ3) is 3.40. The van der Waals surface area contributed by atoms with Crippen molar-refractivity contribution in [3.05, 3.63) is 36.0 Å². The molecule has 1 atom stereocenters. The zero-order valence-electron chi connectivity index (χ0n) is 15.7. The number of nitrogens with one attached hydrogen (secondary N) is 2. The minimum Gasteiger partial charge on any atom is -0.383 e. The topological polar surface area (TPSA) is 92.7 Å². The van der Waals surface area contributed by atoms with Crippen molar-refractivity contribution >= 4 is 28.6 Å². The highest BCUT2D eigenvalue weighted by molar-refractivity contribution is 6.03. The Labute approximate surface area is 157 Å². The van der Waals surface area contributed by atoms with Crippen LogP contribution in [0.25, 0.3) is 10.9 Å². The van der Waals surface area contributed by atoms with Gasteiger partial charge >= 0.3 is 0 Å². The number of methoxy groups -OCH3 is 1. The Morgan fingerprint density at radius 3 is 2.74 bits per heavy atom. The van der Waals surface area contributed by atoms with Gasteiger partial charge in [-0.3, -0.25) is 14.4 Å². The van der Waals surface area contributed by atoms with E-state index in [1.54, 1.807) is 21.1 Å². The van der Waals surface area contributed by atoms with Gasteiger partial charge in [0.05, 0.1) is 19.7 Å². The van der Waals surface area contributed by atoms with E-state index in [9.17, 15) is 14.4 Å². The first-order valence-electron chi connectivity index (χ1n) is 8.79. The normalized spacial score (nSPS) is 19.1. The minimum absolute atomic E-state index is 0.153. The molecule has 1 aliphatic rings. The molecule has 0 bridgehead atoms. The summed E-state index contributed by atoms with van der Waals surface area (Å²) in [5, 5.41) is 6.24. The number of amides is 3. The van der Waals surface area contributed by atoms with Crippen molar-refractivity contribution in [2.24, 2.45) is 0 Å². The van der Waals surface area contributed by atoms with Gasteiger partial charge < -0.3 is 24.8 Å². The average molecular weight is 372 g/mol. The molecular formula is C19H24N4O4. The monoisotopic (exact) mass is 372 g/mol. The molecular weight excluding hydrogens is 348 g/mol. The second-order valence-electron chi connectivity index (χ2n) is 6.84. The maximum Gasteiger partial charge on any atom is 0.271 e. The lowest BCUT2D eigenvalue weighted by molar-refractivity contribution is -0.134. The van der Waals surface area contributed by atoms with Crippen molar-refractivity contribution in [2.45, 2.75) is 19.0 Å². The summed E-state index contributed by atoms with van der Waals surface area (Å²) in [7, 11) is 3.16. The molecule has 1 aromatic carbocycles. The van der Waals surface area contributed by atoms with Crippen molar-refractivity contribution in [1.82, 2.24) is 20.1 Å². The molecule has 0 unspecified atom stereocenters. The Bertz CT molecular complexity index is 891. The van der Waals surface area contributed by atoms with E-state index in [0.717, 1.165) is 10.9 Å². The summed E-state index contributed by atoms with van der Waals surface area (Å²) in [5.74, 6) is -0.899. The fraction of sp³-hybridized carbons (Fsp3) is 0.421. The lowest BCUT2D eigenvalue weighted by Crippen LogP contribution is -2.63. The molecule has 3 amide bonds. The van der Waals surface area contributed by atoms with Crippen LogP contribution in [0.4, 0.5) is 0 Å². The van der Waals surface area contributed by atoms with E-state index in [1.807, 2.05) is 34.9 Å². The second-order valence-corrected chi connectivity index (χ2v) is 6.84. The van der Waals surface area contributed by atoms with Crippen molar-refractivity contribution < 1.29 is 19.1 Å². The van der Waals surface area contributed by atoms with Crippen molar-refractivity contribution in [3.8, 4) is 0 Å². The Kier molecular flexibility index (Phi) is 5.18. The van der Waals surface area contributed by atoms with Crippen molar-refractivity contribution in [3.63, 3.8) is 0 Å². The number of likely N-dealkylation sites (N-methyl/N-ethyl adjacent to an activating group) is 1. The first kappa shape index (κ1) is 18.9. The second kappa shape index (κ2) is 7.40. The van der Waals surface area contributed by atoms with Crippen LogP contribution in [0.3, 0.4) is 0 Å². The van der Waals surface area contributed by atoms with Gasteiger partial charge in [-0.1, -0.05) is 18.2 Å². The predicted molar refractivity (Wildman–Crippen MR) is 100 cm³/mol. The smallest absolute Gasteiger partial charge is 0.271 e. The number of benzene rings is 1. The standard InChI is InChI=1S/C19H24N4O4/c1-19(18(26)21-11-16(24)20-8-9-27-3)12-23-14-7-5-4-6-13(14)10-15(23)17(25)22(19)2/h4-7,10H,8-9,11-12H2,1-3H3,(H,20,24)(H,21,26)/t19-/m0/s1. The number of nitrogens with zero attached hydrogens (tertiary/aromatic N) is 2. The Balaban J connectivity index is 1.78. The highest BCUT2D eigenvalue weighted by atomic mass is 16.5. The summed E-state index contributed by atoms with van der Waals surface area (Å²) in [6, 6.07) is 9.53. The highest BCUT2D eigenvalue weighted by Crippen LogP contribution is 2.31. The molecule has 0 fully saturated rings. The molecule has 0 radical (unpaired) electrons. The molecule has 1 aromatic heterocycles. The summed E-state index contributed by atoms with van der Waals surface area (Å²) in [6.07, 6.45) is 0. The summed E-state index contributed by atoms with van der Waals surface area (Å²) in [4.78, 5) is 39.0. The number of rotatable bonds is 6. The van der Waals surface area contributed by atoms with Gasteiger partial charge in [-0.25, -0.2) is 0 Å². The molecule has 0 spiro atoms. The molecule has 2 heterocycles. The van der Waals surface area contributed by atoms with Crippen LogP contribution in [0.5, 0.6) is 0 Å². The minimum atomic E-state index is -1.10. The summed E-state index contributed by atoms with van der Waals surface area (Å²) < 4.78 is 6.74. The number of para-hydroxylation sites is 1. The summed E-state index contributed by atoms with van der Waals surface area (Å²) >= 11 is 0. The largest absolute Gasteiger partial charge is 0.383 e. The van der Waals surface area contributed by atoms with Crippen LogP contribution in [-0.4, -0.2) is 66.6 Å². The Morgan fingerprint density at radius 1 is 1.26 bits per heavy atom. The first-order chi connectivity index (χ1) is 12.9. The maximum absolute atomic E-state index is 12.9. The summed E-state index contributed by atoms with van der Waals surface area (Å²) in [6.45, 7) is 2.65. The van der Waals surface area contributed by atoms with Gasteiger partial charge in [-0.05, 0) is 19.1 Å². The fourth-order valence-electron chi connectivity index (χ4n) is 3.30. The molecule has 0 saturated heterocycles. The van der Waals surface area contributed by atoms with E-state index in [-0.39, 0.29) is 24.3 Å². The first-order valence-corrected chi connectivity index (χ1v) is 8.79. The van der Waals surface area contributed by atoms with Crippen LogP contribution in [0.2, 0.25) is 0 Å². The molecule has 0 aliphatic carbocycles. The van der Waals surface area contributed by atoms with Crippen LogP contribution in [0, 0.1) is 0 Å². The van der Waals surface area contributed by atoms with Gasteiger partial charge in [-0.2, -0.15) is 0 Å². The lowest BCUT2D eigenvalue weighted by Gasteiger charge is -2.41. The highest BCUT2D eigenvalue weighted by Gasteiger charge is 2.45. The molecule has 8 nitrogen and oxygen atoms in total. The van der Waals surface area contributed by atoms with Crippen molar-refractivity contribution in [2.75, 3.05) is 33.9 Å². The molecule has 3 rings (SSSR count). The van der Waals surface area contributed by atoms with Crippen LogP contribution in [-0.2, 0) is 20.9 Å². The fourth-order valence-corrected chi connectivity index (χ4v) is 3.30. The molecule has 2 N–H and O–H groups in total. The van der Waals surface area contributed by atoms with E-state index < -0.39 is 5.54 Å². The predicted octanol–water partition coefficient (Wildman–Crippen LogP) is 0.364. The van der Waals surface area contributed by atoms with Gasteiger partial charge in [-0.15, -0.1) is 0 Å². The molecule has 1 aliphatic heterocycles. The van der Waals surface area contributed by atoms with E-state index >= 15 is 0 Å². The number of hydrogen-bond acceptors (Lipinski definition) is 4. The molecule has 8 heteroatoms. The van der Waals surface area contributed by atoms with Crippen LogP contribution < -0.4 is 10.6 Å². The van der Waals surface area contributed by atoms with Gasteiger partial charge in [0.1, 0.15) is 11.2 Å². The number of ether oxygens (including phenoxy) is 1. The number of aromatic nitrogens is 1. The SMILES string of the molecule is COCCNC(=O)CNC(=O)[C@]1(C)Cn2c(cc3ccccc32)C(=O)N1C. The van der Waals surface area contributed by atoms with Crippen LogP contribution in [0.15, 0.2) is 30.3 Å². The molecule has 0 saturated carbocycles. The Morgan fingerprint density at radius 2 is 2.00 bits per heavy atom. The quantitative estimate of drug-likeness (QED) is 0.717. The van der Waals surface area contributed by atoms with Gasteiger partial charge in [0.25, 0.3) is 5.91 Å². The Hall–Kier alpha value is -2.87. The van der Waals surface area contributed by atoms with Crippen LogP contribution >= 0.6 is 0 Å². The van der Waals surface area contributed by atoms with E-state index in [2.05, 4.69) is 10.6 Å². The number of fused-ring (bicyclic) bond motifs is 3. The van der Waals surface area contributed by atoms with Crippen LogP contribution in [0.1, 0.15) is 17.4 Å². The van der Waals surface area contributed by atoms with Gasteiger partial charge in [0, 0.05) is 31.6 Å². The molecule has 144 valence electrons. The summed E-state index contributed by atoms with van der Waals surface area (Å²) in [5.41, 5.74) is 0.366. The van der Waals surface area contributed by atoms with Gasteiger partial charge in [0.15, 0.2) is 0 Å². The van der Waals surface area contributed by atoms with Crippen molar-refractivity contribution in [1.29, 1.82) is 0 Å². The zero-order chi connectivity index (χ0) is 19.6. The van der Waals surface area contributed by atoms with E-state index in [1.165, 1.54) is 4.90 Å². The molecule has 27 heavy (non-hydrogen) atoms. The van der Waals surface area contributed by atoms with E-state index in [4.69, 9.17) is 4.74 Å². The number of hydrogen-bond donors (Lipinski definition) is 2.